The van der Waals surface area contributed by atoms with Crippen LogP contribution in [-0.4, -0.2) is 101 Å². The lowest BCUT2D eigenvalue weighted by Crippen LogP contribution is -2.68. The second-order valence-corrected chi connectivity index (χ2v) is 11.2. The molecule has 8 rings (SSSR count). The summed E-state index contributed by atoms with van der Waals surface area (Å²) in [6, 6.07) is 10.5. The van der Waals surface area contributed by atoms with E-state index < -0.39 is 0 Å². The Bertz CT molecular complexity index is 1640. The fourth-order valence-corrected chi connectivity index (χ4v) is 6.42. The number of halogens is 1. The molecule has 2 bridgehead atoms. The van der Waals surface area contributed by atoms with Crippen LogP contribution in [0.4, 0.5) is 10.2 Å². The summed E-state index contributed by atoms with van der Waals surface area (Å²) in [5.74, 6) is 1.71. The summed E-state index contributed by atoms with van der Waals surface area (Å²) in [5, 5.41) is 14.2. The lowest BCUT2D eigenvalue weighted by Gasteiger charge is -2.56. The molecule has 2 atom stereocenters. The van der Waals surface area contributed by atoms with E-state index in [2.05, 4.69) is 30.9 Å². The van der Waals surface area contributed by atoms with Gasteiger partial charge in [-0.15, -0.1) is 0 Å². The maximum atomic E-state index is 13.9. The first-order valence-corrected chi connectivity index (χ1v) is 14.6. The molecule has 12 heteroatoms. The fraction of sp³-hybridized carbons (Fsp3) is 0.419. The normalized spacial score (nSPS) is 20.5. The second kappa shape index (κ2) is 11.8. The highest BCUT2D eigenvalue weighted by Crippen LogP contribution is 2.37. The number of hydrogen-bond acceptors (Lipinski definition) is 10. The number of aromatic nitrogens is 4. The van der Waals surface area contributed by atoms with E-state index in [1.165, 1.54) is 12.3 Å². The van der Waals surface area contributed by atoms with Gasteiger partial charge in [-0.3, -0.25) is 9.80 Å². The van der Waals surface area contributed by atoms with E-state index in [1.807, 2.05) is 30.6 Å². The largest absolute Gasteiger partial charge is 0.491 e. The van der Waals surface area contributed by atoms with E-state index >= 15 is 0 Å². The SMILES string of the molecule is COc1ncc(F)cc1CN1C2CC1CN(c1ccc(-c3cc(OCCN4CCOCC4)cn4ncc(C#N)c34)cn1)C2. The first-order chi connectivity index (χ1) is 21.1. The van der Waals surface area contributed by atoms with Crippen molar-refractivity contribution in [2.24, 2.45) is 0 Å². The van der Waals surface area contributed by atoms with E-state index in [4.69, 9.17) is 19.2 Å². The average molecular weight is 585 g/mol. The van der Waals surface area contributed by atoms with Crippen LogP contribution >= 0.6 is 0 Å². The van der Waals surface area contributed by atoms with Crippen molar-refractivity contribution in [3.8, 4) is 28.8 Å². The number of hydrogen-bond donors (Lipinski definition) is 0. The molecule has 222 valence electrons. The Morgan fingerprint density at radius 3 is 2.67 bits per heavy atom. The number of nitriles is 1. The summed E-state index contributed by atoms with van der Waals surface area (Å²) >= 11 is 0. The number of ether oxygens (including phenoxy) is 3. The van der Waals surface area contributed by atoms with Gasteiger partial charge >= 0.3 is 0 Å². The molecule has 0 amide bonds. The van der Waals surface area contributed by atoms with Crippen LogP contribution < -0.4 is 14.4 Å². The summed E-state index contributed by atoms with van der Waals surface area (Å²) in [6.45, 7) is 6.97. The Morgan fingerprint density at radius 1 is 1.09 bits per heavy atom. The molecule has 11 nitrogen and oxygen atoms in total. The maximum absolute atomic E-state index is 13.9. The Kier molecular flexibility index (Phi) is 7.52. The summed E-state index contributed by atoms with van der Waals surface area (Å²) in [4.78, 5) is 15.9. The van der Waals surface area contributed by atoms with Gasteiger partial charge in [-0.25, -0.2) is 18.9 Å². The number of morpholine rings is 1. The molecule has 0 radical (unpaired) electrons. The van der Waals surface area contributed by atoms with Crippen LogP contribution in [0.5, 0.6) is 11.6 Å². The Balaban J connectivity index is 1.06. The second-order valence-electron chi connectivity index (χ2n) is 11.2. The molecule has 4 aliphatic rings. The molecule has 4 aromatic heterocycles. The zero-order valence-electron chi connectivity index (χ0n) is 24.0. The first-order valence-electron chi connectivity index (χ1n) is 14.6. The molecular formula is C31H33FN8O3. The highest BCUT2D eigenvalue weighted by molar-refractivity contribution is 5.85. The van der Waals surface area contributed by atoms with E-state index in [9.17, 15) is 9.65 Å². The number of nitrogens with zero attached hydrogens (tertiary/aromatic N) is 8. The molecular weight excluding hydrogens is 551 g/mol. The molecule has 8 heterocycles. The van der Waals surface area contributed by atoms with Crippen molar-refractivity contribution < 1.29 is 18.6 Å². The third kappa shape index (κ3) is 5.47. The van der Waals surface area contributed by atoms with E-state index in [1.54, 1.807) is 17.8 Å². The van der Waals surface area contributed by atoms with E-state index in [0.717, 1.165) is 80.4 Å². The maximum Gasteiger partial charge on any atom is 0.217 e. The average Bonchev–Trinajstić information content (AvgIpc) is 3.47. The molecule has 4 aliphatic heterocycles. The zero-order chi connectivity index (χ0) is 29.3. The van der Waals surface area contributed by atoms with Crippen molar-refractivity contribution in [1.29, 1.82) is 5.26 Å². The Labute approximate surface area is 249 Å². The third-order valence-electron chi connectivity index (χ3n) is 8.65. The van der Waals surface area contributed by atoms with Gasteiger partial charge in [-0.1, -0.05) is 0 Å². The predicted molar refractivity (Wildman–Crippen MR) is 157 cm³/mol. The van der Waals surface area contributed by atoms with Crippen molar-refractivity contribution in [1.82, 2.24) is 29.4 Å². The molecule has 43 heavy (non-hydrogen) atoms. The monoisotopic (exact) mass is 584 g/mol. The Hall–Kier alpha value is -4.31. The summed E-state index contributed by atoms with van der Waals surface area (Å²) in [6.07, 6.45) is 7.55. The highest BCUT2D eigenvalue weighted by atomic mass is 19.1. The van der Waals surface area contributed by atoms with Crippen LogP contribution in [0.1, 0.15) is 17.5 Å². The van der Waals surface area contributed by atoms with Gasteiger partial charge in [0.25, 0.3) is 0 Å². The van der Waals surface area contributed by atoms with Gasteiger partial charge < -0.3 is 19.1 Å². The number of methoxy groups -OCH3 is 1. The van der Waals surface area contributed by atoms with Crippen molar-refractivity contribution in [2.75, 3.05) is 64.6 Å². The number of piperidine rings is 1. The Morgan fingerprint density at radius 2 is 1.93 bits per heavy atom. The number of pyridine rings is 3. The first kappa shape index (κ1) is 27.5. The van der Waals surface area contributed by atoms with Gasteiger partial charge in [0.05, 0.1) is 50.0 Å². The molecule has 4 fully saturated rings. The van der Waals surface area contributed by atoms with Crippen LogP contribution in [0.3, 0.4) is 0 Å². The summed E-state index contributed by atoms with van der Waals surface area (Å²) in [5.41, 5.74) is 3.74. The minimum absolute atomic E-state index is 0.351. The van der Waals surface area contributed by atoms with Gasteiger partial charge in [-0.05, 0) is 30.7 Å². The van der Waals surface area contributed by atoms with Crippen molar-refractivity contribution in [3.05, 3.63) is 66.0 Å². The number of piperazine rings is 1. The molecule has 0 spiro atoms. The quantitative estimate of drug-likeness (QED) is 0.292. The molecule has 0 aromatic carbocycles. The summed E-state index contributed by atoms with van der Waals surface area (Å²) in [7, 11) is 1.56. The van der Waals surface area contributed by atoms with Gasteiger partial charge in [0.2, 0.25) is 5.88 Å². The van der Waals surface area contributed by atoms with Crippen molar-refractivity contribution >= 4 is 11.3 Å². The molecule has 0 aliphatic carbocycles. The van der Waals surface area contributed by atoms with Gasteiger partial charge in [0, 0.05) is 74.2 Å². The van der Waals surface area contributed by atoms with Gasteiger partial charge in [0.1, 0.15) is 30.1 Å². The minimum atomic E-state index is -0.354. The number of fused-ring (bicyclic) bond motifs is 3. The zero-order valence-corrected chi connectivity index (χ0v) is 24.0. The van der Waals surface area contributed by atoms with Crippen LogP contribution in [0.25, 0.3) is 16.6 Å². The van der Waals surface area contributed by atoms with Crippen LogP contribution in [0.2, 0.25) is 0 Å². The molecule has 4 aromatic rings. The van der Waals surface area contributed by atoms with E-state index in [-0.39, 0.29) is 5.82 Å². The summed E-state index contributed by atoms with van der Waals surface area (Å²) < 4.78 is 32.5. The van der Waals surface area contributed by atoms with Crippen LogP contribution in [0, 0.1) is 17.1 Å². The molecule has 2 unspecified atom stereocenters. The van der Waals surface area contributed by atoms with Gasteiger partial charge in [-0.2, -0.15) is 10.4 Å². The van der Waals surface area contributed by atoms with Crippen LogP contribution in [-0.2, 0) is 11.3 Å². The number of anilines is 1. The van der Waals surface area contributed by atoms with Crippen molar-refractivity contribution in [3.63, 3.8) is 0 Å². The van der Waals surface area contributed by atoms with E-state index in [0.29, 0.717) is 42.4 Å². The fourth-order valence-electron chi connectivity index (χ4n) is 6.42. The van der Waals surface area contributed by atoms with Crippen molar-refractivity contribution in [2.45, 2.75) is 25.0 Å². The topological polar surface area (TPSA) is 104 Å². The highest BCUT2D eigenvalue weighted by Gasteiger charge is 2.45. The number of rotatable bonds is 9. The minimum Gasteiger partial charge on any atom is -0.491 e. The molecule has 4 saturated heterocycles. The van der Waals surface area contributed by atoms with Crippen LogP contribution in [0.15, 0.2) is 49.1 Å². The lowest BCUT2D eigenvalue weighted by molar-refractivity contribution is -0.00936. The smallest absolute Gasteiger partial charge is 0.217 e. The molecule has 0 saturated carbocycles. The lowest BCUT2D eigenvalue weighted by atomic mass is 9.87. The predicted octanol–water partition coefficient (Wildman–Crippen LogP) is 2.98. The van der Waals surface area contributed by atoms with Gasteiger partial charge in [0.15, 0.2) is 0 Å². The third-order valence-corrected chi connectivity index (χ3v) is 8.65. The molecule has 0 N–H and O–H groups in total. The standard InChI is InChI=1S/C31H33FN8O3/c1-41-31-22(10-24(32)16-35-31)17-39-25-11-26(39)19-38(18-25)29-3-2-21(14-34-29)28-12-27(20-40-30(28)23(13-33)15-36-40)43-9-6-37-4-7-42-8-5-37/h2-3,10,12,14-16,20,25-26H,4-9,11,17-19H2,1H3.